The highest BCUT2D eigenvalue weighted by Gasteiger charge is 2.12. The number of rotatable bonds is 2. The largest absolute Gasteiger partial charge is 0.394 e. The summed E-state index contributed by atoms with van der Waals surface area (Å²) in [5, 5.41) is 22.0. The summed E-state index contributed by atoms with van der Waals surface area (Å²) in [6.45, 7) is 0. The molecule has 0 saturated heterocycles. The van der Waals surface area contributed by atoms with Crippen LogP contribution >= 0.6 is 0 Å². The Bertz CT molecular complexity index is 276. The molecule has 0 aliphatic rings. The minimum absolute atomic E-state index is 0.276. The lowest BCUT2D eigenvalue weighted by Crippen LogP contribution is -2.08. The second-order valence-corrected chi connectivity index (χ2v) is 1.59. The second-order valence-electron chi connectivity index (χ2n) is 1.59. The molecule has 8 heteroatoms. The van der Waals surface area contributed by atoms with Crippen LogP contribution in [0, 0.1) is 20.2 Å². The normalized spacial score (nSPS) is 9.45. The van der Waals surface area contributed by atoms with Gasteiger partial charge in [0.1, 0.15) is 11.3 Å². The number of nitro groups is 2. The third kappa shape index (κ3) is 1.28. The average molecular weight is 158 g/mol. The number of nitrogens with zero attached hydrogens (tertiary/aromatic N) is 4. The summed E-state index contributed by atoms with van der Waals surface area (Å²) in [4.78, 5) is 19.3. The smallest absolute Gasteiger partial charge is 0.358 e. The van der Waals surface area contributed by atoms with Crippen LogP contribution in [0.25, 0.3) is 0 Å². The zero-order valence-electron chi connectivity index (χ0n) is 5.08. The molecule has 0 radical (unpaired) electrons. The zero-order chi connectivity index (χ0) is 8.43. The summed E-state index contributed by atoms with van der Waals surface area (Å²) in [6, 6.07) is 0.947. The van der Waals surface area contributed by atoms with Gasteiger partial charge >= 0.3 is 5.82 Å². The first kappa shape index (κ1) is 7.12. The number of hydrogen-bond donors (Lipinski definition) is 0. The van der Waals surface area contributed by atoms with Gasteiger partial charge < -0.3 is 20.2 Å². The highest BCUT2D eigenvalue weighted by atomic mass is 16.7. The Morgan fingerprint density at radius 3 is 2.36 bits per heavy atom. The van der Waals surface area contributed by atoms with Gasteiger partial charge in [-0.2, -0.15) is 0 Å². The monoisotopic (exact) mass is 158 g/mol. The molecule has 0 unspecified atom stereocenters. The van der Waals surface area contributed by atoms with Crippen LogP contribution in [0.1, 0.15) is 0 Å². The highest BCUT2D eigenvalue weighted by molar-refractivity contribution is 5.13. The SMILES string of the molecule is O=[N+]([O-])c1ccn([N+](=O)[O-])n1. The predicted octanol–water partition coefficient (Wildman–Crippen LogP) is -0.169. The number of aromatic nitrogens is 2. The molecule has 58 valence electrons. The summed E-state index contributed by atoms with van der Waals surface area (Å²) in [5.74, 6) is -0.540. The van der Waals surface area contributed by atoms with Crippen LogP contribution in [-0.2, 0) is 0 Å². The molecule has 0 atom stereocenters. The van der Waals surface area contributed by atoms with E-state index in [0.29, 0.717) is 0 Å². The lowest BCUT2D eigenvalue weighted by molar-refractivity contribution is -0.554. The van der Waals surface area contributed by atoms with Crippen molar-refractivity contribution in [2.45, 2.75) is 0 Å². The quantitative estimate of drug-likeness (QED) is 0.439. The molecule has 1 aromatic heterocycles. The Labute approximate surface area is 59.3 Å². The van der Waals surface area contributed by atoms with Crippen molar-refractivity contribution in [2.75, 3.05) is 0 Å². The summed E-state index contributed by atoms with van der Waals surface area (Å²) in [6.07, 6.45) is 0.901. The van der Waals surface area contributed by atoms with Crippen molar-refractivity contribution < 1.29 is 9.96 Å². The molecule has 0 spiro atoms. The van der Waals surface area contributed by atoms with E-state index >= 15 is 0 Å². The molecule has 11 heavy (non-hydrogen) atoms. The standard InChI is InChI=1S/C3H2N4O4/c8-6(9)3-1-2-5(4-3)7(10)11/h1-2H. The molecule has 0 aliphatic heterocycles. The van der Waals surface area contributed by atoms with E-state index in [2.05, 4.69) is 5.10 Å². The molecule has 0 N–H and O–H groups in total. The van der Waals surface area contributed by atoms with Gasteiger partial charge in [0.25, 0.3) is 0 Å². The van der Waals surface area contributed by atoms with E-state index in [9.17, 15) is 20.2 Å². The first-order valence-corrected chi connectivity index (χ1v) is 2.46. The zero-order valence-corrected chi connectivity index (χ0v) is 5.08. The first-order valence-electron chi connectivity index (χ1n) is 2.46. The molecule has 1 heterocycles. The highest BCUT2D eigenvalue weighted by Crippen LogP contribution is 2.03. The molecule has 8 nitrogen and oxygen atoms in total. The first-order chi connectivity index (χ1) is 5.11. The molecule has 0 aliphatic carbocycles. The van der Waals surface area contributed by atoms with Gasteiger partial charge in [-0.1, -0.05) is 0 Å². The Hall–Kier alpha value is -1.99. The van der Waals surface area contributed by atoms with Gasteiger partial charge in [0.05, 0.1) is 11.1 Å². The summed E-state index contributed by atoms with van der Waals surface area (Å²) >= 11 is 0. The lowest BCUT2D eigenvalue weighted by Gasteiger charge is -1.86. The van der Waals surface area contributed by atoms with E-state index in [1.54, 1.807) is 0 Å². The van der Waals surface area contributed by atoms with E-state index in [0.717, 1.165) is 12.3 Å². The Balaban J connectivity index is 2.99. The van der Waals surface area contributed by atoms with Crippen molar-refractivity contribution in [1.82, 2.24) is 9.89 Å². The summed E-state index contributed by atoms with van der Waals surface area (Å²) < 4.78 is 0. The molecule has 0 aromatic carbocycles. The Kier molecular flexibility index (Phi) is 1.51. The van der Waals surface area contributed by atoms with E-state index in [1.807, 2.05) is 0 Å². The maximum absolute atomic E-state index is 9.94. The molecule has 0 fully saturated rings. The maximum Gasteiger partial charge on any atom is 0.394 e. The van der Waals surface area contributed by atoms with Crippen molar-refractivity contribution in [3.05, 3.63) is 32.5 Å². The van der Waals surface area contributed by atoms with E-state index in [1.165, 1.54) is 0 Å². The van der Waals surface area contributed by atoms with Crippen LogP contribution < -0.4 is 0 Å². The van der Waals surface area contributed by atoms with Gasteiger partial charge in [-0.05, 0) is 4.92 Å². The van der Waals surface area contributed by atoms with Crippen LogP contribution in [0.5, 0.6) is 0 Å². The van der Waals surface area contributed by atoms with Crippen molar-refractivity contribution in [1.29, 1.82) is 0 Å². The third-order valence-corrected chi connectivity index (χ3v) is 0.916. The van der Waals surface area contributed by atoms with Crippen molar-refractivity contribution in [3.63, 3.8) is 0 Å². The second kappa shape index (κ2) is 2.33. The van der Waals surface area contributed by atoms with Gasteiger partial charge in [0.15, 0.2) is 0 Å². The lowest BCUT2D eigenvalue weighted by atomic mass is 10.7. The van der Waals surface area contributed by atoms with E-state index in [4.69, 9.17) is 0 Å². The van der Waals surface area contributed by atoms with Gasteiger partial charge in [-0.15, -0.1) is 0 Å². The van der Waals surface area contributed by atoms with Crippen LogP contribution in [0.15, 0.2) is 12.3 Å². The fraction of sp³-hybridized carbons (Fsp3) is 0. The van der Waals surface area contributed by atoms with Crippen LogP contribution in [0.3, 0.4) is 0 Å². The average Bonchev–Trinajstić information content (AvgIpc) is 2.33. The van der Waals surface area contributed by atoms with Crippen LogP contribution in [0.4, 0.5) is 5.82 Å². The Morgan fingerprint density at radius 2 is 2.09 bits per heavy atom. The molecular formula is C3H2N4O4. The minimum Gasteiger partial charge on any atom is -0.358 e. The number of hydrogen-bond acceptors (Lipinski definition) is 5. The van der Waals surface area contributed by atoms with Crippen LogP contribution in [0.2, 0.25) is 0 Å². The van der Waals surface area contributed by atoms with Crippen molar-refractivity contribution >= 4 is 5.82 Å². The summed E-state index contributed by atoms with van der Waals surface area (Å²) in [7, 11) is 0. The van der Waals surface area contributed by atoms with Gasteiger partial charge in [0.2, 0.25) is 0 Å². The van der Waals surface area contributed by atoms with Gasteiger partial charge in [-0.25, -0.2) is 0 Å². The summed E-state index contributed by atoms with van der Waals surface area (Å²) in [5.41, 5.74) is 0. The van der Waals surface area contributed by atoms with Crippen molar-refractivity contribution in [2.24, 2.45) is 0 Å². The van der Waals surface area contributed by atoms with Gasteiger partial charge in [-0.3, -0.25) is 0 Å². The van der Waals surface area contributed by atoms with E-state index < -0.39 is 15.8 Å². The topological polar surface area (TPSA) is 104 Å². The fourth-order valence-electron chi connectivity index (χ4n) is 0.493. The molecule has 0 amide bonds. The van der Waals surface area contributed by atoms with E-state index in [-0.39, 0.29) is 4.79 Å². The predicted molar refractivity (Wildman–Crippen MR) is 31.3 cm³/mol. The molecular weight excluding hydrogens is 156 g/mol. The molecule has 1 aromatic rings. The molecule has 1 rings (SSSR count). The van der Waals surface area contributed by atoms with Gasteiger partial charge in [0, 0.05) is 4.79 Å². The third-order valence-electron chi connectivity index (χ3n) is 0.916. The minimum atomic E-state index is -0.868. The Morgan fingerprint density at radius 1 is 1.45 bits per heavy atom. The maximum atomic E-state index is 9.94. The fourth-order valence-corrected chi connectivity index (χ4v) is 0.493. The van der Waals surface area contributed by atoms with Crippen LogP contribution in [-0.4, -0.2) is 19.8 Å². The molecule has 0 saturated carbocycles. The van der Waals surface area contributed by atoms with Crippen molar-refractivity contribution in [3.8, 4) is 0 Å². The molecule has 0 bridgehead atoms.